The molecule has 4 heteroatoms. The topological polar surface area (TPSA) is 48.4 Å². The molecule has 0 spiro atoms. The fourth-order valence-electron chi connectivity index (χ4n) is 1.48. The highest BCUT2D eigenvalue weighted by Crippen LogP contribution is 2.26. The van der Waals surface area contributed by atoms with E-state index in [1.54, 1.807) is 0 Å². The first-order chi connectivity index (χ1) is 8.19. The van der Waals surface area contributed by atoms with Crippen molar-refractivity contribution >= 4 is 15.9 Å². The van der Waals surface area contributed by atoms with Gasteiger partial charge in [0.05, 0.1) is 11.0 Å². The highest BCUT2D eigenvalue weighted by molar-refractivity contribution is 9.10. The van der Waals surface area contributed by atoms with Crippen molar-refractivity contribution in [3.8, 4) is 5.75 Å². The molecule has 1 aromatic heterocycles. The maximum atomic E-state index is 5.65. The second kappa shape index (κ2) is 5.38. The van der Waals surface area contributed by atoms with Crippen LogP contribution in [0, 0.1) is 6.92 Å². The second-order valence-electron chi connectivity index (χ2n) is 3.79. The first-order valence-corrected chi connectivity index (χ1v) is 6.15. The zero-order chi connectivity index (χ0) is 12.3. The van der Waals surface area contributed by atoms with Crippen LogP contribution in [0.4, 0.5) is 0 Å². The molecule has 0 atom stereocenters. The first-order valence-electron chi connectivity index (χ1n) is 5.35. The second-order valence-corrected chi connectivity index (χ2v) is 4.65. The number of hydrogen-bond donors (Lipinski definition) is 1. The molecule has 17 heavy (non-hydrogen) atoms. The molecule has 0 saturated carbocycles. The van der Waals surface area contributed by atoms with Crippen LogP contribution in [0.25, 0.3) is 0 Å². The van der Waals surface area contributed by atoms with E-state index in [1.807, 2.05) is 37.3 Å². The van der Waals surface area contributed by atoms with E-state index in [9.17, 15) is 0 Å². The number of hydrogen-bond acceptors (Lipinski definition) is 3. The molecule has 0 saturated heterocycles. The van der Waals surface area contributed by atoms with Gasteiger partial charge in [0.2, 0.25) is 0 Å². The predicted molar refractivity (Wildman–Crippen MR) is 69.8 cm³/mol. The van der Waals surface area contributed by atoms with Gasteiger partial charge in [0.15, 0.2) is 0 Å². The zero-order valence-corrected chi connectivity index (χ0v) is 11.2. The largest absolute Gasteiger partial charge is 0.484 e. The van der Waals surface area contributed by atoms with Crippen LogP contribution in [-0.2, 0) is 13.2 Å². The summed E-state index contributed by atoms with van der Waals surface area (Å²) in [6, 6.07) is 9.70. The molecular weight excluding hydrogens is 282 g/mol. The van der Waals surface area contributed by atoms with Gasteiger partial charge in [-0.15, -0.1) is 0 Å². The van der Waals surface area contributed by atoms with Crippen LogP contribution >= 0.6 is 15.9 Å². The molecule has 0 amide bonds. The third kappa shape index (κ3) is 3.11. The quantitative estimate of drug-likeness (QED) is 0.940. The van der Waals surface area contributed by atoms with E-state index in [0.29, 0.717) is 13.2 Å². The van der Waals surface area contributed by atoms with Crippen molar-refractivity contribution in [3.05, 3.63) is 51.9 Å². The van der Waals surface area contributed by atoms with Crippen LogP contribution in [0.2, 0.25) is 0 Å². The Balaban J connectivity index is 2.02. The minimum Gasteiger partial charge on any atom is -0.484 e. The van der Waals surface area contributed by atoms with Crippen molar-refractivity contribution in [2.45, 2.75) is 20.1 Å². The van der Waals surface area contributed by atoms with E-state index in [0.717, 1.165) is 21.7 Å². The molecule has 1 aromatic carbocycles. The van der Waals surface area contributed by atoms with Gasteiger partial charge in [0, 0.05) is 0 Å². The van der Waals surface area contributed by atoms with E-state index in [-0.39, 0.29) is 0 Å². The van der Waals surface area contributed by atoms with E-state index < -0.39 is 0 Å². The third-order valence-corrected chi connectivity index (χ3v) is 3.00. The minimum absolute atomic E-state index is 0.404. The molecule has 1 heterocycles. The van der Waals surface area contributed by atoms with Gasteiger partial charge in [0.25, 0.3) is 0 Å². The van der Waals surface area contributed by atoms with E-state index >= 15 is 0 Å². The predicted octanol–water partition coefficient (Wildman–Crippen LogP) is 3.39. The number of benzene rings is 1. The van der Waals surface area contributed by atoms with Gasteiger partial charge >= 0.3 is 0 Å². The molecule has 2 rings (SSSR count). The van der Waals surface area contributed by atoms with Gasteiger partial charge < -0.3 is 14.9 Å². The van der Waals surface area contributed by atoms with Crippen molar-refractivity contribution in [1.29, 1.82) is 0 Å². The summed E-state index contributed by atoms with van der Waals surface area (Å²) >= 11 is 3.46. The lowest BCUT2D eigenvalue weighted by molar-refractivity contribution is 0.264. The molecule has 0 bridgehead atoms. The molecule has 0 unspecified atom stereocenters. The number of rotatable bonds is 4. The van der Waals surface area contributed by atoms with Crippen molar-refractivity contribution in [2.75, 3.05) is 0 Å². The van der Waals surface area contributed by atoms with Gasteiger partial charge in [0.1, 0.15) is 23.9 Å². The summed E-state index contributed by atoms with van der Waals surface area (Å²) in [5.41, 5.74) is 6.66. The molecule has 90 valence electrons. The Kier molecular flexibility index (Phi) is 3.86. The molecule has 3 nitrogen and oxygen atoms in total. The number of ether oxygens (including phenoxy) is 1. The maximum absolute atomic E-state index is 5.65. The van der Waals surface area contributed by atoms with E-state index in [2.05, 4.69) is 15.9 Å². The Labute approximate surface area is 109 Å². The zero-order valence-electron chi connectivity index (χ0n) is 9.57. The Morgan fingerprint density at radius 2 is 2.00 bits per heavy atom. The van der Waals surface area contributed by atoms with Gasteiger partial charge in [-0.05, 0) is 52.7 Å². The average Bonchev–Trinajstić information content (AvgIpc) is 2.76. The standard InChI is InChI=1S/C13H14BrNO2/c1-9-2-5-13(12(14)6-9)16-8-11-4-3-10(7-15)17-11/h2-6H,7-8,15H2,1H3. The molecule has 0 aliphatic carbocycles. The Hall–Kier alpha value is -1.26. The van der Waals surface area contributed by atoms with E-state index in [1.165, 1.54) is 5.56 Å². The summed E-state index contributed by atoms with van der Waals surface area (Å²) in [4.78, 5) is 0. The number of nitrogens with two attached hydrogens (primary N) is 1. The van der Waals surface area contributed by atoms with Crippen molar-refractivity contribution in [2.24, 2.45) is 5.73 Å². The minimum atomic E-state index is 0.404. The molecule has 0 fully saturated rings. The van der Waals surface area contributed by atoms with Crippen molar-refractivity contribution in [3.63, 3.8) is 0 Å². The van der Waals surface area contributed by atoms with Crippen molar-refractivity contribution in [1.82, 2.24) is 0 Å². The summed E-state index contributed by atoms with van der Waals surface area (Å²) in [7, 11) is 0. The maximum Gasteiger partial charge on any atom is 0.146 e. The highest BCUT2D eigenvalue weighted by Gasteiger charge is 2.04. The summed E-state index contributed by atoms with van der Waals surface area (Å²) in [6.07, 6.45) is 0. The number of halogens is 1. The summed E-state index contributed by atoms with van der Waals surface area (Å²) in [5, 5.41) is 0. The molecule has 2 N–H and O–H groups in total. The monoisotopic (exact) mass is 295 g/mol. The Bertz CT molecular complexity index is 508. The van der Waals surface area contributed by atoms with Crippen LogP contribution in [0.1, 0.15) is 17.1 Å². The smallest absolute Gasteiger partial charge is 0.146 e. The lowest BCUT2D eigenvalue weighted by Crippen LogP contribution is -1.96. The van der Waals surface area contributed by atoms with Crippen LogP contribution in [0.15, 0.2) is 39.2 Å². The first kappa shape index (κ1) is 12.2. The van der Waals surface area contributed by atoms with Gasteiger partial charge in [-0.25, -0.2) is 0 Å². The fraction of sp³-hybridized carbons (Fsp3) is 0.231. The Morgan fingerprint density at radius 1 is 1.24 bits per heavy atom. The van der Waals surface area contributed by atoms with Gasteiger partial charge in [-0.3, -0.25) is 0 Å². The number of aryl methyl sites for hydroxylation is 1. The van der Waals surface area contributed by atoms with Crippen LogP contribution < -0.4 is 10.5 Å². The molecule has 0 aliphatic rings. The van der Waals surface area contributed by atoms with Crippen LogP contribution in [0.3, 0.4) is 0 Å². The molecule has 0 radical (unpaired) electrons. The summed E-state index contributed by atoms with van der Waals surface area (Å²) in [6.45, 7) is 2.85. The van der Waals surface area contributed by atoms with Crippen molar-refractivity contribution < 1.29 is 9.15 Å². The molecule has 0 aliphatic heterocycles. The van der Waals surface area contributed by atoms with E-state index in [4.69, 9.17) is 14.9 Å². The SMILES string of the molecule is Cc1ccc(OCc2ccc(CN)o2)c(Br)c1. The molecular formula is C13H14BrNO2. The lowest BCUT2D eigenvalue weighted by atomic mass is 10.2. The highest BCUT2D eigenvalue weighted by atomic mass is 79.9. The third-order valence-electron chi connectivity index (χ3n) is 2.38. The lowest BCUT2D eigenvalue weighted by Gasteiger charge is -2.07. The van der Waals surface area contributed by atoms with Gasteiger partial charge in [-0.2, -0.15) is 0 Å². The average molecular weight is 296 g/mol. The normalized spacial score (nSPS) is 10.5. The fourth-order valence-corrected chi connectivity index (χ4v) is 2.09. The van der Waals surface area contributed by atoms with Crippen LogP contribution in [0.5, 0.6) is 5.75 Å². The summed E-state index contributed by atoms with van der Waals surface area (Å²) in [5.74, 6) is 2.35. The summed E-state index contributed by atoms with van der Waals surface area (Å²) < 4.78 is 12.1. The van der Waals surface area contributed by atoms with Crippen LogP contribution in [-0.4, -0.2) is 0 Å². The Morgan fingerprint density at radius 3 is 2.65 bits per heavy atom. The number of furan rings is 1. The molecule has 2 aromatic rings. The van der Waals surface area contributed by atoms with Gasteiger partial charge in [-0.1, -0.05) is 6.07 Å².